The van der Waals surface area contributed by atoms with Crippen molar-refractivity contribution in [1.29, 1.82) is 0 Å². The van der Waals surface area contributed by atoms with Crippen LogP contribution in [0, 0.1) is 0 Å². The molecule has 1 N–H and O–H groups in total. The van der Waals surface area contributed by atoms with E-state index in [2.05, 4.69) is 20.9 Å². The van der Waals surface area contributed by atoms with Crippen molar-refractivity contribution in [2.45, 2.75) is 6.42 Å². The predicted molar refractivity (Wildman–Crippen MR) is 76.6 cm³/mol. The van der Waals surface area contributed by atoms with Crippen LogP contribution in [0.25, 0.3) is 10.6 Å². The Morgan fingerprint density at radius 2 is 2.06 bits per heavy atom. The zero-order chi connectivity index (χ0) is 13.3. The Morgan fingerprint density at radius 3 is 2.72 bits per heavy atom. The lowest BCUT2D eigenvalue weighted by molar-refractivity contribution is -0.136. The van der Waals surface area contributed by atoms with Crippen molar-refractivity contribution in [3.8, 4) is 10.6 Å². The van der Waals surface area contributed by atoms with Crippen molar-refractivity contribution >= 4 is 56.4 Å². The molecule has 0 unspecified atom stereocenters. The largest absolute Gasteiger partial charge is 0.481 e. The minimum absolute atomic E-state index is 0.0879. The first-order valence-electron chi connectivity index (χ1n) is 4.78. The van der Waals surface area contributed by atoms with Crippen LogP contribution in [-0.2, 0) is 11.2 Å². The molecule has 0 aliphatic rings. The van der Waals surface area contributed by atoms with Gasteiger partial charge >= 0.3 is 5.97 Å². The van der Waals surface area contributed by atoms with Gasteiger partial charge in [-0.25, -0.2) is 4.98 Å². The summed E-state index contributed by atoms with van der Waals surface area (Å²) in [6.45, 7) is 0. The van der Waals surface area contributed by atoms with Crippen LogP contribution in [-0.4, -0.2) is 16.1 Å². The summed E-state index contributed by atoms with van der Waals surface area (Å²) < 4.78 is 0.771. The molecule has 0 spiro atoms. The highest BCUT2D eigenvalue weighted by atomic mass is 79.9. The van der Waals surface area contributed by atoms with Crippen molar-refractivity contribution in [3.05, 3.63) is 37.7 Å². The third kappa shape index (κ3) is 3.03. The maximum Gasteiger partial charge on any atom is 0.309 e. The second kappa shape index (κ2) is 5.57. The van der Waals surface area contributed by atoms with Crippen LogP contribution in [0.15, 0.2) is 22.0 Å². The fraction of sp³-hybridized carbons (Fsp3) is 0.0909. The third-order valence-electron chi connectivity index (χ3n) is 2.12. The standard InChI is InChI=1S/C11H6BrCl2NO2S/c12-7-3-9(14)8(13)2-6(7)11-15-5(4-18-11)1-10(16)17/h2-4H,1H2,(H,16,17). The molecule has 0 saturated carbocycles. The van der Waals surface area contributed by atoms with Gasteiger partial charge in [0.1, 0.15) is 5.01 Å². The van der Waals surface area contributed by atoms with E-state index < -0.39 is 5.97 Å². The van der Waals surface area contributed by atoms with Crippen LogP contribution < -0.4 is 0 Å². The average Bonchev–Trinajstić information content (AvgIpc) is 2.70. The van der Waals surface area contributed by atoms with E-state index in [1.54, 1.807) is 17.5 Å². The molecule has 0 fully saturated rings. The molecule has 94 valence electrons. The van der Waals surface area contributed by atoms with Gasteiger partial charge < -0.3 is 5.11 Å². The lowest BCUT2D eigenvalue weighted by Crippen LogP contribution is -1.99. The quantitative estimate of drug-likeness (QED) is 0.813. The summed E-state index contributed by atoms with van der Waals surface area (Å²) in [5, 5.41) is 12.0. The minimum atomic E-state index is -0.903. The minimum Gasteiger partial charge on any atom is -0.481 e. The van der Waals surface area contributed by atoms with E-state index in [4.69, 9.17) is 28.3 Å². The van der Waals surface area contributed by atoms with Gasteiger partial charge in [0.2, 0.25) is 0 Å². The number of benzene rings is 1. The molecule has 0 radical (unpaired) electrons. The molecule has 0 aliphatic heterocycles. The molecule has 18 heavy (non-hydrogen) atoms. The van der Waals surface area contributed by atoms with Gasteiger partial charge in [0.25, 0.3) is 0 Å². The Kier molecular flexibility index (Phi) is 4.27. The van der Waals surface area contributed by atoms with E-state index in [-0.39, 0.29) is 6.42 Å². The number of carboxylic acids is 1. The molecule has 0 atom stereocenters. The van der Waals surface area contributed by atoms with Gasteiger partial charge in [-0.3, -0.25) is 4.79 Å². The normalized spacial score (nSPS) is 10.6. The fourth-order valence-electron chi connectivity index (χ4n) is 1.35. The zero-order valence-corrected chi connectivity index (χ0v) is 12.7. The van der Waals surface area contributed by atoms with E-state index in [0.717, 1.165) is 10.0 Å². The predicted octanol–water partition coefficient (Wildman–Crippen LogP) is 4.51. The lowest BCUT2D eigenvalue weighted by atomic mass is 10.2. The van der Waals surface area contributed by atoms with Crippen LogP contribution in [0.4, 0.5) is 0 Å². The zero-order valence-electron chi connectivity index (χ0n) is 8.78. The molecule has 0 bridgehead atoms. The van der Waals surface area contributed by atoms with Crippen molar-refractivity contribution < 1.29 is 9.90 Å². The Bertz CT molecular complexity index is 615. The molecule has 3 nitrogen and oxygen atoms in total. The average molecular weight is 367 g/mol. The molecule has 0 aliphatic carbocycles. The van der Waals surface area contributed by atoms with Gasteiger partial charge in [-0.05, 0) is 12.1 Å². The summed E-state index contributed by atoms with van der Waals surface area (Å²) >= 11 is 16.6. The summed E-state index contributed by atoms with van der Waals surface area (Å²) in [4.78, 5) is 14.9. The van der Waals surface area contributed by atoms with E-state index in [0.29, 0.717) is 20.7 Å². The van der Waals surface area contributed by atoms with Crippen molar-refractivity contribution in [3.63, 3.8) is 0 Å². The van der Waals surface area contributed by atoms with Gasteiger partial charge in [-0.15, -0.1) is 11.3 Å². The van der Waals surface area contributed by atoms with Crippen molar-refractivity contribution in [2.24, 2.45) is 0 Å². The number of carboxylic acid groups (broad SMARTS) is 1. The monoisotopic (exact) mass is 365 g/mol. The van der Waals surface area contributed by atoms with Gasteiger partial charge in [0, 0.05) is 15.4 Å². The van der Waals surface area contributed by atoms with Crippen LogP contribution in [0.3, 0.4) is 0 Å². The molecule has 2 rings (SSSR count). The molecule has 7 heteroatoms. The molecule has 1 heterocycles. The van der Waals surface area contributed by atoms with Crippen LogP contribution in [0.5, 0.6) is 0 Å². The number of aliphatic carboxylic acids is 1. The van der Waals surface area contributed by atoms with E-state index in [9.17, 15) is 4.79 Å². The number of halogens is 3. The first-order chi connectivity index (χ1) is 8.47. The highest BCUT2D eigenvalue weighted by Gasteiger charge is 2.12. The molecule has 2 aromatic rings. The van der Waals surface area contributed by atoms with Gasteiger partial charge in [0.15, 0.2) is 0 Å². The van der Waals surface area contributed by atoms with Gasteiger partial charge in [-0.2, -0.15) is 0 Å². The molecule has 0 saturated heterocycles. The summed E-state index contributed by atoms with van der Waals surface area (Å²) in [6.07, 6.45) is -0.0879. The second-order valence-electron chi connectivity index (χ2n) is 3.46. The number of nitrogens with zero attached hydrogens (tertiary/aromatic N) is 1. The Balaban J connectivity index is 2.40. The fourth-order valence-corrected chi connectivity index (χ4v) is 3.32. The van der Waals surface area contributed by atoms with Crippen molar-refractivity contribution in [2.75, 3.05) is 0 Å². The van der Waals surface area contributed by atoms with Crippen LogP contribution in [0.2, 0.25) is 10.0 Å². The molecular weight excluding hydrogens is 361 g/mol. The molecule has 0 amide bonds. The summed E-state index contributed by atoms with van der Waals surface area (Å²) in [5.41, 5.74) is 1.33. The Morgan fingerprint density at radius 1 is 1.39 bits per heavy atom. The number of rotatable bonds is 3. The van der Waals surface area contributed by atoms with E-state index in [1.807, 2.05) is 0 Å². The van der Waals surface area contributed by atoms with E-state index in [1.165, 1.54) is 11.3 Å². The maximum atomic E-state index is 10.6. The van der Waals surface area contributed by atoms with Crippen LogP contribution >= 0.6 is 50.5 Å². The maximum absolute atomic E-state index is 10.6. The summed E-state index contributed by atoms with van der Waals surface area (Å²) in [7, 11) is 0. The second-order valence-corrected chi connectivity index (χ2v) is 5.99. The third-order valence-corrected chi connectivity index (χ3v) is 4.43. The summed E-state index contributed by atoms with van der Waals surface area (Å²) in [6, 6.07) is 3.40. The Labute approximate surface area is 126 Å². The molecule has 1 aromatic heterocycles. The number of carbonyl (C=O) groups is 1. The number of hydrogen-bond donors (Lipinski definition) is 1. The van der Waals surface area contributed by atoms with Crippen molar-refractivity contribution in [1.82, 2.24) is 4.98 Å². The first-order valence-corrected chi connectivity index (χ1v) is 7.21. The molecular formula is C11H6BrCl2NO2S. The highest BCUT2D eigenvalue weighted by Crippen LogP contribution is 2.36. The number of hydrogen-bond acceptors (Lipinski definition) is 3. The highest BCUT2D eigenvalue weighted by molar-refractivity contribution is 9.10. The van der Waals surface area contributed by atoms with Gasteiger partial charge in [-0.1, -0.05) is 39.1 Å². The smallest absolute Gasteiger partial charge is 0.309 e. The lowest BCUT2D eigenvalue weighted by Gasteiger charge is -2.03. The van der Waals surface area contributed by atoms with Crippen LogP contribution in [0.1, 0.15) is 5.69 Å². The van der Waals surface area contributed by atoms with E-state index >= 15 is 0 Å². The Hall–Kier alpha value is -0.620. The SMILES string of the molecule is O=C(O)Cc1csc(-c2cc(Cl)c(Cl)cc2Br)n1. The molecule has 1 aromatic carbocycles. The number of thiazole rings is 1. The first kappa shape index (κ1) is 13.8. The number of aromatic nitrogens is 1. The van der Waals surface area contributed by atoms with Gasteiger partial charge in [0.05, 0.1) is 22.2 Å². The summed E-state index contributed by atoms with van der Waals surface area (Å²) in [5.74, 6) is -0.903. The topological polar surface area (TPSA) is 50.2 Å².